The third kappa shape index (κ3) is 3.10. The Hall–Kier alpha value is -2.30. The number of benzene rings is 1. The van der Waals surface area contributed by atoms with Crippen molar-refractivity contribution < 1.29 is 9.18 Å². The zero-order valence-electron chi connectivity index (χ0n) is 9.85. The van der Waals surface area contributed by atoms with Crippen LogP contribution in [0.25, 0.3) is 0 Å². The average molecular weight is 245 g/mol. The van der Waals surface area contributed by atoms with Gasteiger partial charge in [0.15, 0.2) is 0 Å². The summed E-state index contributed by atoms with van der Waals surface area (Å²) in [7, 11) is 0. The molecule has 0 fully saturated rings. The molecule has 0 spiro atoms. The monoisotopic (exact) mass is 245 g/mol. The number of nitrogens with zero attached hydrogens (tertiary/aromatic N) is 2. The van der Waals surface area contributed by atoms with Crippen molar-refractivity contribution >= 4 is 5.91 Å². The zero-order chi connectivity index (χ0) is 13.0. The Bertz CT molecular complexity index is 554. The lowest BCUT2D eigenvalue weighted by Crippen LogP contribution is -2.24. The SMILES string of the molecule is Cc1cnc(C(=O)NCc2cccc(F)c2)cn1. The molecule has 0 atom stereocenters. The number of aryl methyl sites for hydroxylation is 1. The molecule has 0 bridgehead atoms. The Morgan fingerprint density at radius 3 is 2.83 bits per heavy atom. The van der Waals surface area contributed by atoms with E-state index in [1.165, 1.54) is 24.5 Å². The van der Waals surface area contributed by atoms with E-state index in [1.54, 1.807) is 19.1 Å². The van der Waals surface area contributed by atoms with Crippen molar-refractivity contribution in [3.8, 4) is 0 Å². The maximum Gasteiger partial charge on any atom is 0.271 e. The molecule has 1 heterocycles. The Balaban J connectivity index is 1.98. The minimum absolute atomic E-state index is 0.247. The number of carbonyl (C=O) groups is 1. The van der Waals surface area contributed by atoms with E-state index in [-0.39, 0.29) is 24.0 Å². The quantitative estimate of drug-likeness (QED) is 0.897. The van der Waals surface area contributed by atoms with Crippen LogP contribution in [0.15, 0.2) is 36.7 Å². The molecule has 4 nitrogen and oxygen atoms in total. The van der Waals surface area contributed by atoms with Crippen LogP contribution in [0.4, 0.5) is 4.39 Å². The summed E-state index contributed by atoms with van der Waals surface area (Å²) in [4.78, 5) is 19.7. The second kappa shape index (κ2) is 5.35. The van der Waals surface area contributed by atoms with Crippen molar-refractivity contribution in [3.05, 3.63) is 59.4 Å². The molecule has 92 valence electrons. The first-order valence-corrected chi connectivity index (χ1v) is 5.46. The highest BCUT2D eigenvalue weighted by molar-refractivity contribution is 5.91. The Kier molecular flexibility index (Phi) is 3.62. The van der Waals surface area contributed by atoms with Gasteiger partial charge >= 0.3 is 0 Å². The van der Waals surface area contributed by atoms with Crippen molar-refractivity contribution in [2.24, 2.45) is 0 Å². The summed E-state index contributed by atoms with van der Waals surface area (Å²) in [5, 5.41) is 2.65. The van der Waals surface area contributed by atoms with Gasteiger partial charge in [-0.15, -0.1) is 0 Å². The summed E-state index contributed by atoms with van der Waals surface area (Å²) in [6, 6.07) is 6.07. The fraction of sp³-hybridized carbons (Fsp3) is 0.154. The topological polar surface area (TPSA) is 54.9 Å². The summed E-state index contributed by atoms with van der Waals surface area (Å²) in [6.07, 6.45) is 2.94. The summed E-state index contributed by atoms with van der Waals surface area (Å²) in [6.45, 7) is 2.05. The lowest BCUT2D eigenvalue weighted by molar-refractivity contribution is 0.0945. The molecule has 2 aromatic rings. The summed E-state index contributed by atoms with van der Waals surface area (Å²) >= 11 is 0. The zero-order valence-corrected chi connectivity index (χ0v) is 9.85. The van der Waals surface area contributed by atoms with Crippen molar-refractivity contribution in [1.82, 2.24) is 15.3 Å². The van der Waals surface area contributed by atoms with Crippen LogP contribution in [0, 0.1) is 12.7 Å². The maximum absolute atomic E-state index is 12.9. The third-order valence-corrected chi connectivity index (χ3v) is 2.36. The van der Waals surface area contributed by atoms with Crippen LogP contribution in [0.3, 0.4) is 0 Å². The van der Waals surface area contributed by atoms with E-state index < -0.39 is 0 Å². The van der Waals surface area contributed by atoms with Gasteiger partial charge in [0.25, 0.3) is 5.91 Å². The highest BCUT2D eigenvalue weighted by Crippen LogP contribution is 2.03. The normalized spacial score (nSPS) is 10.1. The number of amides is 1. The number of halogens is 1. The van der Waals surface area contributed by atoms with Gasteiger partial charge in [-0.2, -0.15) is 0 Å². The van der Waals surface area contributed by atoms with E-state index >= 15 is 0 Å². The predicted octanol–water partition coefficient (Wildman–Crippen LogP) is 1.85. The molecule has 0 unspecified atom stereocenters. The van der Waals surface area contributed by atoms with E-state index in [0.717, 1.165) is 5.69 Å². The maximum atomic E-state index is 12.9. The Morgan fingerprint density at radius 2 is 2.17 bits per heavy atom. The smallest absolute Gasteiger partial charge is 0.271 e. The third-order valence-electron chi connectivity index (χ3n) is 2.36. The van der Waals surface area contributed by atoms with E-state index in [4.69, 9.17) is 0 Å². The van der Waals surface area contributed by atoms with Gasteiger partial charge in [-0.1, -0.05) is 12.1 Å². The van der Waals surface area contributed by atoms with Crippen molar-refractivity contribution in [2.75, 3.05) is 0 Å². The second-order valence-corrected chi connectivity index (χ2v) is 3.86. The van der Waals surface area contributed by atoms with Crippen LogP contribution in [0.1, 0.15) is 21.7 Å². The van der Waals surface area contributed by atoms with Crippen LogP contribution in [-0.4, -0.2) is 15.9 Å². The van der Waals surface area contributed by atoms with Gasteiger partial charge in [-0.25, -0.2) is 9.37 Å². The van der Waals surface area contributed by atoms with Crippen LogP contribution in [0.2, 0.25) is 0 Å². The van der Waals surface area contributed by atoms with E-state index in [1.807, 2.05) is 0 Å². The first kappa shape index (κ1) is 12.2. The summed E-state index contributed by atoms with van der Waals surface area (Å²) in [5.41, 5.74) is 1.69. The van der Waals surface area contributed by atoms with E-state index in [9.17, 15) is 9.18 Å². The van der Waals surface area contributed by atoms with Crippen molar-refractivity contribution in [2.45, 2.75) is 13.5 Å². The van der Waals surface area contributed by atoms with Crippen LogP contribution < -0.4 is 5.32 Å². The van der Waals surface area contributed by atoms with Gasteiger partial charge in [0.05, 0.1) is 11.9 Å². The van der Waals surface area contributed by atoms with E-state index in [2.05, 4.69) is 15.3 Å². The molecule has 1 aromatic heterocycles. The lowest BCUT2D eigenvalue weighted by Gasteiger charge is -2.04. The predicted molar refractivity (Wildman–Crippen MR) is 64.3 cm³/mol. The number of nitrogens with one attached hydrogen (secondary N) is 1. The number of carbonyl (C=O) groups excluding carboxylic acids is 1. The highest BCUT2D eigenvalue weighted by Gasteiger charge is 2.07. The number of hydrogen-bond acceptors (Lipinski definition) is 3. The number of rotatable bonds is 3. The van der Waals surface area contributed by atoms with Gasteiger partial charge in [-0.05, 0) is 24.6 Å². The van der Waals surface area contributed by atoms with Gasteiger partial charge in [0.1, 0.15) is 11.5 Å². The molecule has 0 saturated carbocycles. The van der Waals surface area contributed by atoms with Gasteiger partial charge in [0.2, 0.25) is 0 Å². The first-order chi connectivity index (χ1) is 8.65. The van der Waals surface area contributed by atoms with Crippen LogP contribution in [0.5, 0.6) is 0 Å². The van der Waals surface area contributed by atoms with Gasteiger partial charge in [-0.3, -0.25) is 9.78 Å². The standard InChI is InChI=1S/C13H12FN3O/c1-9-6-16-12(8-15-9)13(18)17-7-10-3-2-4-11(14)5-10/h2-6,8H,7H2,1H3,(H,17,18). The minimum atomic E-state index is -0.327. The van der Waals surface area contributed by atoms with Crippen molar-refractivity contribution in [3.63, 3.8) is 0 Å². The molecular weight excluding hydrogens is 233 g/mol. The minimum Gasteiger partial charge on any atom is -0.347 e. The molecule has 1 amide bonds. The van der Waals surface area contributed by atoms with Crippen molar-refractivity contribution in [1.29, 1.82) is 0 Å². The molecule has 1 N–H and O–H groups in total. The fourth-order valence-corrected chi connectivity index (χ4v) is 1.43. The average Bonchev–Trinajstić information content (AvgIpc) is 2.37. The highest BCUT2D eigenvalue weighted by atomic mass is 19.1. The Morgan fingerprint density at radius 1 is 1.33 bits per heavy atom. The number of aromatic nitrogens is 2. The first-order valence-electron chi connectivity index (χ1n) is 5.46. The van der Waals surface area contributed by atoms with E-state index in [0.29, 0.717) is 5.56 Å². The van der Waals surface area contributed by atoms with Crippen LogP contribution in [-0.2, 0) is 6.54 Å². The molecule has 0 aliphatic rings. The molecule has 0 saturated heterocycles. The molecule has 5 heteroatoms. The summed E-state index contributed by atoms with van der Waals surface area (Å²) in [5.74, 6) is -0.649. The van der Waals surface area contributed by atoms with Gasteiger partial charge in [0, 0.05) is 12.7 Å². The molecule has 18 heavy (non-hydrogen) atoms. The number of hydrogen-bond donors (Lipinski definition) is 1. The Labute approximate surface area is 104 Å². The largest absolute Gasteiger partial charge is 0.347 e. The van der Waals surface area contributed by atoms with Crippen LogP contribution >= 0.6 is 0 Å². The van der Waals surface area contributed by atoms with Gasteiger partial charge < -0.3 is 5.32 Å². The molecular formula is C13H12FN3O. The lowest BCUT2D eigenvalue weighted by atomic mass is 10.2. The molecule has 0 radical (unpaired) electrons. The molecule has 0 aliphatic carbocycles. The fourth-order valence-electron chi connectivity index (χ4n) is 1.43. The molecule has 1 aromatic carbocycles. The molecule has 0 aliphatic heterocycles. The second-order valence-electron chi connectivity index (χ2n) is 3.86. The summed E-state index contributed by atoms with van der Waals surface area (Å²) < 4.78 is 12.9. The molecule has 2 rings (SSSR count).